The molecule has 1 aromatic heterocycles. The molecule has 0 spiro atoms. The maximum absolute atomic E-state index is 3.51. The first-order chi connectivity index (χ1) is 7.24. The Labute approximate surface area is 108 Å². The summed E-state index contributed by atoms with van der Waals surface area (Å²) >= 11 is 8.33. The molecule has 0 aliphatic rings. The van der Waals surface area contributed by atoms with E-state index in [9.17, 15) is 0 Å². The maximum Gasteiger partial charge on any atom is 0.180 e. The molecule has 0 radical (unpaired) electrons. The molecular weight excluding hydrogens is 336 g/mol. The monoisotopic (exact) mass is 341 g/mol. The molecule has 0 aliphatic heterocycles. The molecule has 2 aromatic carbocycles. The van der Waals surface area contributed by atoms with Crippen LogP contribution in [0, 0.1) is 0 Å². The molecule has 0 aliphatic carbocycles. The van der Waals surface area contributed by atoms with Gasteiger partial charge in [0.1, 0.15) is 0 Å². The molecule has 3 heteroatoms. The molecule has 0 atom stereocenters. The largest absolute Gasteiger partial charge is 0.180 e. The number of hydrogen-bond donors (Lipinski definition) is 0. The molecule has 0 amide bonds. The van der Waals surface area contributed by atoms with Gasteiger partial charge in [0.05, 0.1) is 0 Å². The van der Waals surface area contributed by atoms with Crippen LogP contribution in [0.2, 0.25) is 0 Å². The van der Waals surface area contributed by atoms with Crippen molar-refractivity contribution in [1.29, 1.82) is 0 Å². The summed E-state index contributed by atoms with van der Waals surface area (Å²) in [7, 11) is 0. The molecule has 1 heterocycles. The molecule has 74 valence electrons. The highest BCUT2D eigenvalue weighted by atomic mass is 79.9. The lowest BCUT2D eigenvalue weighted by atomic mass is 10.2. The Morgan fingerprint density at radius 1 is 0.733 bits per heavy atom. The van der Waals surface area contributed by atoms with Gasteiger partial charge in [0.15, 0.2) is 9.40 Å². The van der Waals surface area contributed by atoms with Crippen LogP contribution in [0.4, 0.5) is 0 Å². The topological polar surface area (TPSA) is 0 Å². The summed E-state index contributed by atoms with van der Waals surface area (Å²) in [4.78, 5) is 0. The molecule has 0 unspecified atom stereocenters. The van der Waals surface area contributed by atoms with Crippen molar-refractivity contribution in [1.82, 2.24) is 0 Å². The van der Waals surface area contributed by atoms with Crippen LogP contribution in [0.5, 0.6) is 0 Å². The number of halogens is 2. The Bertz CT molecular complexity index is 599. The van der Waals surface area contributed by atoms with Crippen LogP contribution >= 0.6 is 43.2 Å². The third-order valence-corrected chi connectivity index (χ3v) is 4.66. The van der Waals surface area contributed by atoms with Crippen LogP contribution in [-0.4, -0.2) is 0 Å². The van der Waals surface area contributed by atoms with E-state index in [1.54, 1.807) is 0 Å². The number of rotatable bonds is 0. The van der Waals surface area contributed by atoms with Gasteiger partial charge in [-0.2, -0.15) is 0 Å². The van der Waals surface area contributed by atoms with E-state index in [0.29, 0.717) is 0 Å². The molecule has 0 N–H and O–H groups in total. The second kappa shape index (κ2) is 3.58. The minimum atomic E-state index is 1.15. The molecule has 0 fully saturated rings. The summed E-state index contributed by atoms with van der Waals surface area (Å²) in [6.45, 7) is 0. The molecule has 0 bridgehead atoms. The van der Waals surface area contributed by atoms with Gasteiger partial charge in [-0.3, -0.25) is 0 Å². The Morgan fingerprint density at radius 3 is 1.67 bits per heavy atom. The number of hydrogen-bond acceptors (Lipinski definition) is 0. The maximum atomic E-state index is 3.51. The summed E-state index contributed by atoms with van der Waals surface area (Å²) in [5.41, 5.74) is 0. The lowest BCUT2D eigenvalue weighted by molar-refractivity contribution is 1.76. The highest BCUT2D eigenvalue weighted by Gasteiger charge is 2.11. The van der Waals surface area contributed by atoms with E-state index in [-0.39, 0.29) is 0 Å². The van der Waals surface area contributed by atoms with Gasteiger partial charge in [0.2, 0.25) is 0 Å². The summed E-state index contributed by atoms with van der Waals surface area (Å²) < 4.78 is 5.08. The van der Waals surface area contributed by atoms with Gasteiger partial charge in [0, 0.05) is 31.9 Å². The van der Waals surface area contributed by atoms with Gasteiger partial charge in [-0.1, -0.05) is 31.9 Å². The minimum Gasteiger partial charge on any atom is -0.0506 e. The zero-order valence-corrected chi connectivity index (χ0v) is 11.7. The molecule has 0 nitrogen and oxygen atoms in total. The molecule has 3 rings (SSSR count). The zero-order valence-electron chi connectivity index (χ0n) is 7.67. The van der Waals surface area contributed by atoms with Gasteiger partial charge in [-0.15, -0.1) is 0 Å². The van der Waals surface area contributed by atoms with Gasteiger partial charge >= 0.3 is 0 Å². The Balaban J connectivity index is 2.51. The van der Waals surface area contributed by atoms with E-state index in [1.165, 1.54) is 31.5 Å². The van der Waals surface area contributed by atoms with Crippen LogP contribution in [0.3, 0.4) is 0 Å². The van der Waals surface area contributed by atoms with Gasteiger partial charge in [-0.25, -0.2) is 0 Å². The SMILES string of the molecule is Brc1ccc2c(c1)[sH+]c1cc(Br)ccc12. The fourth-order valence-electron chi connectivity index (χ4n) is 1.78. The summed E-state index contributed by atoms with van der Waals surface area (Å²) in [5, 5.41) is 2.73. The normalized spacial score (nSPS) is 11.3. The fourth-order valence-corrected chi connectivity index (χ4v) is 4.15. The molecule has 0 saturated heterocycles. The number of benzene rings is 2. The van der Waals surface area contributed by atoms with E-state index in [4.69, 9.17) is 0 Å². The van der Waals surface area contributed by atoms with Crippen molar-refractivity contribution < 1.29 is 0 Å². The molecule has 0 saturated carbocycles. The summed E-state index contributed by atoms with van der Waals surface area (Å²) in [6, 6.07) is 13.0. The predicted molar refractivity (Wildman–Crippen MR) is 76.1 cm³/mol. The first kappa shape index (κ1) is 9.82. The zero-order chi connectivity index (χ0) is 10.4. The highest BCUT2D eigenvalue weighted by Crippen LogP contribution is 2.36. The fraction of sp³-hybridized carbons (Fsp3) is 0. The standard InChI is InChI=1S/C12H6Br2S/c13-7-1-3-9-10-4-2-8(14)6-12(10)15-11(9)5-7/h1-6H/p+1. The van der Waals surface area contributed by atoms with E-state index in [0.717, 1.165) is 8.95 Å². The smallest absolute Gasteiger partial charge is 0.0506 e. The molecular formula is C12H7Br2S+. The first-order valence-corrected chi connectivity index (χ1v) is 7.03. The highest BCUT2D eigenvalue weighted by molar-refractivity contribution is 9.10. The third-order valence-electron chi connectivity index (χ3n) is 2.45. The lowest BCUT2D eigenvalue weighted by Crippen LogP contribution is -1.67. The Kier molecular flexibility index (Phi) is 2.34. The van der Waals surface area contributed by atoms with Crippen molar-refractivity contribution in [2.75, 3.05) is 0 Å². The minimum absolute atomic E-state index is 1.15. The third kappa shape index (κ3) is 1.63. The van der Waals surface area contributed by atoms with Crippen molar-refractivity contribution in [3.05, 3.63) is 45.3 Å². The first-order valence-electron chi connectivity index (χ1n) is 4.55. The van der Waals surface area contributed by atoms with Gasteiger partial charge < -0.3 is 0 Å². The lowest BCUT2D eigenvalue weighted by Gasteiger charge is -1.88. The van der Waals surface area contributed by atoms with E-state index in [2.05, 4.69) is 68.3 Å². The quantitative estimate of drug-likeness (QED) is 0.485. The molecule has 15 heavy (non-hydrogen) atoms. The number of fused-ring (bicyclic) bond motifs is 3. The molecule has 3 aromatic rings. The van der Waals surface area contributed by atoms with Crippen molar-refractivity contribution >= 4 is 63.4 Å². The number of thiophene rings is 1. The van der Waals surface area contributed by atoms with E-state index < -0.39 is 0 Å². The van der Waals surface area contributed by atoms with Crippen LogP contribution < -0.4 is 0 Å². The van der Waals surface area contributed by atoms with Crippen LogP contribution in [0.15, 0.2) is 45.3 Å². The predicted octanol–water partition coefficient (Wildman–Crippen LogP) is 5.31. The van der Waals surface area contributed by atoms with Crippen molar-refractivity contribution in [2.24, 2.45) is 0 Å². The van der Waals surface area contributed by atoms with Gasteiger partial charge in [-0.05, 0) is 35.6 Å². The average molecular weight is 343 g/mol. The van der Waals surface area contributed by atoms with Crippen LogP contribution in [0.1, 0.15) is 0 Å². The second-order valence-electron chi connectivity index (χ2n) is 3.43. The van der Waals surface area contributed by atoms with Crippen LogP contribution in [0.25, 0.3) is 20.2 Å². The summed E-state index contributed by atoms with van der Waals surface area (Å²) in [5.74, 6) is 0. The van der Waals surface area contributed by atoms with Crippen molar-refractivity contribution in [3.63, 3.8) is 0 Å². The Hall–Kier alpha value is -0.380. The van der Waals surface area contributed by atoms with Crippen molar-refractivity contribution in [3.8, 4) is 0 Å². The van der Waals surface area contributed by atoms with Crippen LogP contribution in [-0.2, 0) is 0 Å². The second-order valence-corrected chi connectivity index (χ2v) is 6.45. The van der Waals surface area contributed by atoms with E-state index in [1.807, 2.05) is 0 Å². The Morgan fingerprint density at radius 2 is 1.20 bits per heavy atom. The van der Waals surface area contributed by atoms with Gasteiger partial charge in [0.25, 0.3) is 0 Å². The summed E-state index contributed by atoms with van der Waals surface area (Å²) in [6.07, 6.45) is 0. The van der Waals surface area contributed by atoms with E-state index >= 15 is 0 Å². The van der Waals surface area contributed by atoms with Crippen molar-refractivity contribution in [2.45, 2.75) is 0 Å². The average Bonchev–Trinajstić information content (AvgIpc) is 2.53.